The van der Waals surface area contributed by atoms with Gasteiger partial charge < -0.3 is 4.57 Å². The predicted molar refractivity (Wildman–Crippen MR) is 127 cm³/mol. The highest BCUT2D eigenvalue weighted by molar-refractivity contribution is 8.01. The standard InChI is InChI=1S/C26H22NOPS/c28-29(22-15-7-2-8-16-22,23-17-9-3-10-18-23)25-26(27-25,21-13-5-1-6-14-21)30-24-19-11-4-12-20-24/h1-20,25,27H/t25-,26-/m0/s1. The van der Waals surface area contributed by atoms with Crippen molar-refractivity contribution in [1.29, 1.82) is 0 Å². The lowest BCUT2D eigenvalue weighted by Gasteiger charge is -2.22. The van der Waals surface area contributed by atoms with Crippen LogP contribution in [-0.4, -0.2) is 5.78 Å². The topological polar surface area (TPSA) is 39.0 Å². The SMILES string of the molecule is O=P(c1ccccc1)(c1ccccc1)[C@@H]1N[C@]1(Sc1ccccc1)c1ccccc1. The Morgan fingerprint density at radius 1 is 0.633 bits per heavy atom. The van der Waals surface area contributed by atoms with E-state index >= 15 is 0 Å². The van der Waals surface area contributed by atoms with Crippen LogP contribution in [0.25, 0.3) is 0 Å². The van der Waals surface area contributed by atoms with Crippen LogP contribution in [0.2, 0.25) is 0 Å². The Hall–Kier alpha value is -2.58. The van der Waals surface area contributed by atoms with Crippen LogP contribution in [0.5, 0.6) is 0 Å². The van der Waals surface area contributed by atoms with E-state index in [0.29, 0.717) is 0 Å². The molecule has 1 aliphatic heterocycles. The van der Waals surface area contributed by atoms with Gasteiger partial charge in [-0.15, -0.1) is 0 Å². The van der Waals surface area contributed by atoms with E-state index in [1.54, 1.807) is 11.8 Å². The van der Waals surface area contributed by atoms with Crippen LogP contribution in [0.4, 0.5) is 0 Å². The summed E-state index contributed by atoms with van der Waals surface area (Å²) in [6.07, 6.45) is 0. The molecule has 0 saturated carbocycles. The molecule has 5 rings (SSSR count). The minimum Gasteiger partial charge on any atom is -0.312 e. The molecule has 30 heavy (non-hydrogen) atoms. The Balaban J connectivity index is 1.65. The fourth-order valence-corrected chi connectivity index (χ4v) is 9.07. The van der Waals surface area contributed by atoms with Gasteiger partial charge in [0.25, 0.3) is 0 Å². The maximum absolute atomic E-state index is 14.9. The molecule has 1 fully saturated rings. The highest BCUT2D eigenvalue weighted by atomic mass is 32.2. The van der Waals surface area contributed by atoms with Crippen LogP contribution in [0.15, 0.2) is 126 Å². The fourth-order valence-electron chi connectivity index (χ4n) is 4.00. The van der Waals surface area contributed by atoms with Crippen molar-refractivity contribution in [2.75, 3.05) is 0 Å². The number of hydrogen-bond donors (Lipinski definition) is 1. The highest BCUT2D eigenvalue weighted by Crippen LogP contribution is 2.66. The summed E-state index contributed by atoms with van der Waals surface area (Å²) < 4.78 is 14.9. The van der Waals surface area contributed by atoms with Gasteiger partial charge >= 0.3 is 0 Å². The molecule has 0 aromatic heterocycles. The molecule has 148 valence electrons. The second-order valence-corrected chi connectivity index (χ2v) is 11.6. The zero-order valence-electron chi connectivity index (χ0n) is 16.4. The molecule has 2 atom stereocenters. The van der Waals surface area contributed by atoms with Gasteiger partial charge in [-0.3, -0.25) is 5.32 Å². The van der Waals surface area contributed by atoms with Gasteiger partial charge in [-0.2, -0.15) is 0 Å². The van der Waals surface area contributed by atoms with E-state index in [1.165, 1.54) is 0 Å². The first-order chi connectivity index (χ1) is 14.7. The quantitative estimate of drug-likeness (QED) is 0.323. The summed E-state index contributed by atoms with van der Waals surface area (Å²) in [7, 11) is -2.94. The van der Waals surface area contributed by atoms with Crippen molar-refractivity contribution in [3.8, 4) is 0 Å². The zero-order chi connectivity index (χ0) is 20.4. The Morgan fingerprint density at radius 2 is 1.07 bits per heavy atom. The molecular formula is C26H22NOPS. The molecule has 4 heteroatoms. The van der Waals surface area contributed by atoms with Crippen LogP contribution in [0.1, 0.15) is 5.56 Å². The van der Waals surface area contributed by atoms with E-state index in [2.05, 4.69) is 41.7 Å². The van der Waals surface area contributed by atoms with Gasteiger partial charge in [0, 0.05) is 15.5 Å². The third-order valence-corrected chi connectivity index (χ3v) is 10.5. The molecule has 4 aromatic rings. The van der Waals surface area contributed by atoms with Crippen molar-refractivity contribution >= 4 is 29.5 Å². The number of benzene rings is 4. The molecule has 1 saturated heterocycles. The second-order valence-electron chi connectivity index (χ2n) is 7.39. The van der Waals surface area contributed by atoms with Crippen molar-refractivity contribution in [2.24, 2.45) is 0 Å². The van der Waals surface area contributed by atoms with E-state index in [4.69, 9.17) is 0 Å². The largest absolute Gasteiger partial charge is 0.312 e. The van der Waals surface area contributed by atoms with Crippen LogP contribution >= 0.6 is 18.9 Å². The summed E-state index contributed by atoms with van der Waals surface area (Å²) in [5.74, 6) is -0.192. The molecule has 0 aliphatic carbocycles. The van der Waals surface area contributed by atoms with Crippen LogP contribution in [0, 0.1) is 0 Å². The Bertz CT molecular complexity index is 1130. The molecule has 1 N–H and O–H groups in total. The highest BCUT2D eigenvalue weighted by Gasteiger charge is 2.64. The van der Waals surface area contributed by atoms with E-state index in [-0.39, 0.29) is 5.78 Å². The van der Waals surface area contributed by atoms with Gasteiger partial charge in [0.2, 0.25) is 0 Å². The maximum Gasteiger partial charge on any atom is 0.162 e. The number of nitrogens with one attached hydrogen (secondary N) is 1. The number of thioether (sulfide) groups is 1. The molecular weight excluding hydrogens is 405 g/mol. The normalized spacial score (nSPS) is 20.6. The molecule has 0 bridgehead atoms. The maximum atomic E-state index is 14.9. The minimum absolute atomic E-state index is 0.192. The summed E-state index contributed by atoms with van der Waals surface area (Å²) in [5, 5.41) is 5.46. The lowest BCUT2D eigenvalue weighted by Crippen LogP contribution is -2.23. The zero-order valence-corrected chi connectivity index (χ0v) is 18.1. The average Bonchev–Trinajstić information content (AvgIpc) is 3.56. The molecule has 4 aromatic carbocycles. The van der Waals surface area contributed by atoms with Crippen molar-refractivity contribution in [3.05, 3.63) is 127 Å². The first kappa shape index (κ1) is 19.4. The molecule has 1 heterocycles. The monoisotopic (exact) mass is 427 g/mol. The van der Waals surface area contributed by atoms with E-state index in [9.17, 15) is 4.57 Å². The van der Waals surface area contributed by atoms with Crippen molar-refractivity contribution in [1.82, 2.24) is 5.32 Å². The van der Waals surface area contributed by atoms with Crippen LogP contribution < -0.4 is 15.9 Å². The van der Waals surface area contributed by atoms with E-state index in [0.717, 1.165) is 21.1 Å². The molecule has 1 aliphatic rings. The van der Waals surface area contributed by atoms with E-state index in [1.807, 2.05) is 84.9 Å². The lowest BCUT2D eigenvalue weighted by molar-refractivity contribution is 0.585. The summed E-state index contributed by atoms with van der Waals surface area (Å²) >= 11 is 1.75. The summed E-state index contributed by atoms with van der Waals surface area (Å²) in [4.78, 5) is 0.716. The van der Waals surface area contributed by atoms with Crippen molar-refractivity contribution in [3.63, 3.8) is 0 Å². The molecule has 2 nitrogen and oxygen atoms in total. The van der Waals surface area contributed by atoms with Crippen molar-refractivity contribution < 1.29 is 4.57 Å². The lowest BCUT2D eigenvalue weighted by atomic mass is 10.1. The first-order valence-electron chi connectivity index (χ1n) is 10.0. The van der Waals surface area contributed by atoms with Gasteiger partial charge in [0.05, 0.1) is 0 Å². The smallest absolute Gasteiger partial charge is 0.162 e. The fraction of sp³-hybridized carbons (Fsp3) is 0.0769. The van der Waals surface area contributed by atoms with Gasteiger partial charge in [-0.1, -0.05) is 121 Å². The van der Waals surface area contributed by atoms with Gasteiger partial charge in [-0.05, 0) is 17.7 Å². The predicted octanol–water partition coefficient (Wildman–Crippen LogP) is 5.58. The summed E-state index contributed by atoms with van der Waals surface area (Å²) in [6.45, 7) is 0. The van der Waals surface area contributed by atoms with Crippen molar-refractivity contribution in [2.45, 2.75) is 15.5 Å². The van der Waals surface area contributed by atoms with Gasteiger partial charge in [0.1, 0.15) is 10.7 Å². The van der Waals surface area contributed by atoms with Gasteiger partial charge in [0.15, 0.2) is 7.14 Å². The molecule has 0 unspecified atom stereocenters. The number of rotatable bonds is 6. The first-order valence-corrected chi connectivity index (χ1v) is 12.6. The van der Waals surface area contributed by atoms with Crippen LogP contribution in [-0.2, 0) is 9.44 Å². The Morgan fingerprint density at radius 3 is 1.57 bits per heavy atom. The molecule has 0 amide bonds. The third kappa shape index (κ3) is 3.33. The molecule has 0 radical (unpaired) electrons. The van der Waals surface area contributed by atoms with Crippen LogP contribution in [0.3, 0.4) is 0 Å². The third-order valence-electron chi connectivity index (χ3n) is 5.52. The Labute approximate surface area is 181 Å². The Kier molecular flexibility index (Phi) is 5.12. The number of hydrogen-bond acceptors (Lipinski definition) is 3. The summed E-state index contributed by atoms with van der Waals surface area (Å²) in [6, 6.07) is 40.6. The van der Waals surface area contributed by atoms with E-state index < -0.39 is 12.0 Å². The second kappa shape index (κ2) is 7.92. The minimum atomic E-state index is -2.94. The van der Waals surface area contributed by atoms with Gasteiger partial charge in [-0.25, -0.2) is 0 Å². The summed E-state index contributed by atoms with van der Waals surface area (Å²) in [5.41, 5.74) is 1.15. The molecule has 0 spiro atoms. The average molecular weight is 428 g/mol.